The van der Waals surface area contributed by atoms with E-state index in [4.69, 9.17) is 5.11 Å². The van der Waals surface area contributed by atoms with Crippen LogP contribution in [0.5, 0.6) is 0 Å². The molecule has 25 heavy (non-hydrogen) atoms. The van der Waals surface area contributed by atoms with Crippen LogP contribution in [0.4, 0.5) is 0 Å². The van der Waals surface area contributed by atoms with Gasteiger partial charge in [0.2, 0.25) is 5.91 Å². The van der Waals surface area contributed by atoms with E-state index in [9.17, 15) is 14.4 Å². The smallest absolute Gasteiger partial charge is 0.354 e. The van der Waals surface area contributed by atoms with Gasteiger partial charge < -0.3 is 15.3 Å². The zero-order valence-electron chi connectivity index (χ0n) is 13.4. The fourth-order valence-corrected chi connectivity index (χ4v) is 2.73. The van der Waals surface area contributed by atoms with Crippen molar-refractivity contribution in [2.24, 2.45) is 0 Å². The van der Waals surface area contributed by atoms with Gasteiger partial charge in [0, 0.05) is 19.3 Å². The van der Waals surface area contributed by atoms with Gasteiger partial charge in [-0.05, 0) is 24.1 Å². The maximum atomic E-state index is 12.4. The summed E-state index contributed by atoms with van der Waals surface area (Å²) in [7, 11) is 0. The van der Waals surface area contributed by atoms with Gasteiger partial charge in [-0.2, -0.15) is 0 Å². The predicted octanol–water partition coefficient (Wildman–Crippen LogP) is 1.31. The molecule has 2 aromatic rings. The Bertz CT molecular complexity index is 790. The fourth-order valence-electron chi connectivity index (χ4n) is 2.73. The molecule has 1 saturated heterocycles. The molecule has 0 radical (unpaired) electrons. The maximum absolute atomic E-state index is 12.4. The van der Waals surface area contributed by atoms with Crippen LogP contribution < -0.4 is 5.32 Å². The number of carbonyl (C=O) groups is 3. The molecule has 3 rings (SSSR count). The molecule has 7 heteroatoms. The predicted molar refractivity (Wildman–Crippen MR) is 88.9 cm³/mol. The number of pyridine rings is 1. The molecule has 0 bridgehead atoms. The van der Waals surface area contributed by atoms with Crippen LogP contribution in [0, 0.1) is 0 Å². The van der Waals surface area contributed by atoms with Crippen LogP contribution in [0.2, 0.25) is 0 Å². The van der Waals surface area contributed by atoms with E-state index in [0.717, 1.165) is 5.56 Å². The quantitative estimate of drug-likeness (QED) is 0.855. The highest BCUT2D eigenvalue weighted by atomic mass is 16.4. The number of benzene rings is 1. The average Bonchev–Trinajstić information content (AvgIpc) is 2.96. The van der Waals surface area contributed by atoms with Crippen LogP contribution in [0.25, 0.3) is 0 Å². The summed E-state index contributed by atoms with van der Waals surface area (Å²) in [6.07, 6.45) is 1.73. The molecule has 2 amide bonds. The molecule has 0 aliphatic carbocycles. The van der Waals surface area contributed by atoms with Gasteiger partial charge in [-0.1, -0.05) is 30.3 Å². The molecule has 0 unspecified atom stereocenters. The van der Waals surface area contributed by atoms with E-state index in [1.54, 1.807) is 4.90 Å². The molecular formula is C18H17N3O4. The maximum Gasteiger partial charge on any atom is 0.354 e. The summed E-state index contributed by atoms with van der Waals surface area (Å²) in [5, 5.41) is 11.5. The lowest BCUT2D eigenvalue weighted by atomic mass is 10.2. The third-order valence-electron chi connectivity index (χ3n) is 4.06. The van der Waals surface area contributed by atoms with Gasteiger partial charge in [-0.3, -0.25) is 9.59 Å². The van der Waals surface area contributed by atoms with E-state index in [1.165, 1.54) is 18.3 Å². The number of aromatic nitrogens is 1. The van der Waals surface area contributed by atoms with Crippen LogP contribution in [-0.2, 0) is 11.3 Å². The summed E-state index contributed by atoms with van der Waals surface area (Å²) in [5.74, 6) is -1.72. The van der Waals surface area contributed by atoms with Gasteiger partial charge in [0.05, 0.1) is 5.56 Å². The number of carboxylic acids is 1. The van der Waals surface area contributed by atoms with E-state index in [-0.39, 0.29) is 17.2 Å². The molecule has 1 aromatic carbocycles. The van der Waals surface area contributed by atoms with Crippen molar-refractivity contribution in [1.82, 2.24) is 15.2 Å². The molecular weight excluding hydrogens is 322 g/mol. The van der Waals surface area contributed by atoms with Gasteiger partial charge in [0.25, 0.3) is 5.91 Å². The molecule has 2 heterocycles. The Balaban J connectivity index is 1.60. The summed E-state index contributed by atoms with van der Waals surface area (Å²) in [4.78, 5) is 40.9. The number of carbonyl (C=O) groups excluding carboxylic acids is 2. The highest BCUT2D eigenvalue weighted by molar-refractivity contribution is 5.98. The Morgan fingerprint density at radius 1 is 1.20 bits per heavy atom. The second-order valence-corrected chi connectivity index (χ2v) is 5.80. The normalized spacial score (nSPS) is 16.7. The van der Waals surface area contributed by atoms with Crippen molar-refractivity contribution in [2.45, 2.75) is 19.0 Å². The van der Waals surface area contributed by atoms with Crippen LogP contribution in [0.15, 0.2) is 48.7 Å². The molecule has 2 N–H and O–H groups in total. The van der Waals surface area contributed by atoms with Crippen LogP contribution in [0.3, 0.4) is 0 Å². The third-order valence-corrected chi connectivity index (χ3v) is 4.06. The van der Waals surface area contributed by atoms with Gasteiger partial charge >= 0.3 is 5.97 Å². The Labute approximate surface area is 144 Å². The number of likely N-dealkylation sites (tertiary alicyclic amines) is 1. The van der Waals surface area contributed by atoms with Gasteiger partial charge in [-0.25, -0.2) is 9.78 Å². The van der Waals surface area contributed by atoms with Crippen molar-refractivity contribution in [2.75, 3.05) is 6.54 Å². The molecule has 1 atom stereocenters. The first-order valence-electron chi connectivity index (χ1n) is 7.87. The zero-order chi connectivity index (χ0) is 17.8. The van der Waals surface area contributed by atoms with Crippen molar-refractivity contribution in [3.05, 3.63) is 65.5 Å². The molecule has 0 saturated carbocycles. The van der Waals surface area contributed by atoms with Gasteiger partial charge in [0.1, 0.15) is 11.7 Å². The molecule has 1 aliphatic heterocycles. The molecule has 1 aliphatic rings. The number of aromatic carboxylic acids is 1. The fraction of sp³-hybridized carbons (Fsp3) is 0.222. The van der Waals surface area contributed by atoms with E-state index in [0.29, 0.717) is 19.5 Å². The van der Waals surface area contributed by atoms with E-state index < -0.39 is 17.9 Å². The number of nitrogens with zero attached hydrogens (tertiary/aromatic N) is 2. The lowest BCUT2D eigenvalue weighted by molar-refractivity contribution is -0.129. The molecule has 1 aromatic heterocycles. The molecule has 0 spiro atoms. The van der Waals surface area contributed by atoms with Gasteiger partial charge in [0.15, 0.2) is 0 Å². The Morgan fingerprint density at radius 2 is 1.96 bits per heavy atom. The monoisotopic (exact) mass is 339 g/mol. The lowest BCUT2D eigenvalue weighted by Gasteiger charge is -2.17. The Kier molecular flexibility index (Phi) is 4.74. The molecule has 1 fully saturated rings. The number of nitrogens with one attached hydrogen (secondary N) is 1. The summed E-state index contributed by atoms with van der Waals surface area (Å²) in [6, 6.07) is 11.7. The number of rotatable bonds is 5. The standard InChI is InChI=1S/C18H17N3O4/c22-16(13-6-7-15(18(24)25)19-10-13)20-14-8-9-21(17(14)23)11-12-4-2-1-3-5-12/h1-7,10,14H,8-9,11H2,(H,20,22)(H,24,25)/t14-/m0/s1. The summed E-state index contributed by atoms with van der Waals surface area (Å²) < 4.78 is 0. The van der Waals surface area contributed by atoms with Crippen LogP contribution >= 0.6 is 0 Å². The Hall–Kier alpha value is -3.22. The van der Waals surface area contributed by atoms with Crippen molar-refractivity contribution < 1.29 is 19.5 Å². The Morgan fingerprint density at radius 3 is 2.60 bits per heavy atom. The summed E-state index contributed by atoms with van der Waals surface area (Å²) >= 11 is 0. The molecule has 128 valence electrons. The number of carboxylic acid groups (broad SMARTS) is 1. The summed E-state index contributed by atoms with van der Waals surface area (Å²) in [6.45, 7) is 1.09. The zero-order valence-corrected chi connectivity index (χ0v) is 13.4. The van der Waals surface area contributed by atoms with Crippen molar-refractivity contribution in [3.8, 4) is 0 Å². The largest absolute Gasteiger partial charge is 0.477 e. The minimum absolute atomic E-state index is 0.118. The van der Waals surface area contributed by atoms with E-state index in [2.05, 4.69) is 10.3 Å². The number of hydrogen-bond donors (Lipinski definition) is 2. The first-order chi connectivity index (χ1) is 12.0. The minimum Gasteiger partial charge on any atom is -0.477 e. The number of hydrogen-bond acceptors (Lipinski definition) is 4. The number of amides is 2. The second kappa shape index (κ2) is 7.12. The summed E-state index contributed by atoms with van der Waals surface area (Å²) in [5.41, 5.74) is 1.12. The minimum atomic E-state index is -1.16. The van der Waals surface area contributed by atoms with Crippen molar-refractivity contribution in [1.29, 1.82) is 0 Å². The average molecular weight is 339 g/mol. The van der Waals surface area contributed by atoms with E-state index >= 15 is 0 Å². The molecule has 7 nitrogen and oxygen atoms in total. The van der Waals surface area contributed by atoms with Crippen molar-refractivity contribution in [3.63, 3.8) is 0 Å². The van der Waals surface area contributed by atoms with E-state index in [1.807, 2.05) is 30.3 Å². The first-order valence-corrected chi connectivity index (χ1v) is 7.87. The van der Waals surface area contributed by atoms with Crippen LogP contribution in [0.1, 0.15) is 32.8 Å². The second-order valence-electron chi connectivity index (χ2n) is 5.80. The lowest BCUT2D eigenvalue weighted by Crippen LogP contribution is -2.41. The SMILES string of the molecule is O=C(N[C@H]1CCN(Cc2ccccc2)C1=O)c1ccc(C(=O)O)nc1. The first kappa shape index (κ1) is 16.6. The van der Waals surface area contributed by atoms with Gasteiger partial charge in [-0.15, -0.1) is 0 Å². The topological polar surface area (TPSA) is 99.6 Å². The highest BCUT2D eigenvalue weighted by Gasteiger charge is 2.32. The van der Waals surface area contributed by atoms with Crippen molar-refractivity contribution >= 4 is 17.8 Å². The highest BCUT2D eigenvalue weighted by Crippen LogP contribution is 2.15. The van der Waals surface area contributed by atoms with Crippen LogP contribution in [-0.4, -0.2) is 45.4 Å². The third kappa shape index (κ3) is 3.82.